The number of hydroxylamine groups is 1. The lowest BCUT2D eigenvalue weighted by Crippen LogP contribution is -2.26. The number of aromatic nitrogens is 2. The number of thiophene rings is 1. The summed E-state index contributed by atoms with van der Waals surface area (Å²) in [7, 11) is 0. The molecule has 2 heterocycles. The summed E-state index contributed by atoms with van der Waals surface area (Å²) in [6.45, 7) is 2.22. The Morgan fingerprint density at radius 2 is 2.09 bits per heavy atom. The van der Waals surface area contributed by atoms with Crippen molar-refractivity contribution in [2.45, 2.75) is 6.92 Å². The zero-order valence-electron chi connectivity index (χ0n) is 12.0. The van der Waals surface area contributed by atoms with Gasteiger partial charge in [-0.05, 0) is 36.6 Å². The SMILES string of the molecule is CCONC(=O)c1cc(-c2cccs2)nn1-c1ccccc1. The zero-order chi connectivity index (χ0) is 15.4. The van der Waals surface area contributed by atoms with E-state index in [2.05, 4.69) is 10.6 Å². The fourth-order valence-electron chi connectivity index (χ4n) is 2.04. The van der Waals surface area contributed by atoms with Crippen LogP contribution in [0.25, 0.3) is 16.3 Å². The van der Waals surface area contributed by atoms with Gasteiger partial charge < -0.3 is 0 Å². The van der Waals surface area contributed by atoms with E-state index in [4.69, 9.17) is 4.84 Å². The maximum atomic E-state index is 12.3. The van der Waals surface area contributed by atoms with Gasteiger partial charge in [-0.2, -0.15) is 5.10 Å². The summed E-state index contributed by atoms with van der Waals surface area (Å²) >= 11 is 1.58. The number of carbonyl (C=O) groups is 1. The summed E-state index contributed by atoms with van der Waals surface area (Å²) < 4.78 is 1.63. The van der Waals surface area contributed by atoms with Crippen molar-refractivity contribution >= 4 is 17.2 Å². The highest BCUT2D eigenvalue weighted by Gasteiger charge is 2.18. The fraction of sp³-hybridized carbons (Fsp3) is 0.125. The van der Waals surface area contributed by atoms with Crippen molar-refractivity contribution in [3.8, 4) is 16.3 Å². The Labute approximate surface area is 132 Å². The minimum Gasteiger partial charge on any atom is -0.274 e. The summed E-state index contributed by atoms with van der Waals surface area (Å²) in [5.41, 5.74) is 4.44. The van der Waals surface area contributed by atoms with Crippen LogP contribution >= 0.6 is 11.3 Å². The number of nitrogens with one attached hydrogen (secondary N) is 1. The molecule has 1 amide bonds. The predicted octanol–water partition coefficient (Wildman–Crippen LogP) is 3.28. The first-order chi connectivity index (χ1) is 10.8. The molecule has 0 spiro atoms. The topological polar surface area (TPSA) is 56.1 Å². The van der Waals surface area contributed by atoms with Crippen LogP contribution in [-0.2, 0) is 4.84 Å². The molecule has 22 heavy (non-hydrogen) atoms. The second kappa shape index (κ2) is 6.55. The van der Waals surface area contributed by atoms with Crippen molar-refractivity contribution in [3.63, 3.8) is 0 Å². The van der Waals surface area contributed by atoms with E-state index >= 15 is 0 Å². The van der Waals surface area contributed by atoms with Gasteiger partial charge in [0.15, 0.2) is 0 Å². The van der Waals surface area contributed by atoms with E-state index in [0.29, 0.717) is 12.3 Å². The summed E-state index contributed by atoms with van der Waals surface area (Å²) in [5, 5.41) is 6.55. The molecule has 0 aliphatic rings. The highest BCUT2D eigenvalue weighted by atomic mass is 32.1. The van der Waals surface area contributed by atoms with Crippen LogP contribution in [0.4, 0.5) is 0 Å². The molecule has 0 bridgehead atoms. The molecule has 3 aromatic rings. The quantitative estimate of drug-likeness (QED) is 0.735. The van der Waals surface area contributed by atoms with E-state index in [1.807, 2.05) is 54.8 Å². The molecule has 3 rings (SSSR count). The Bertz CT molecular complexity index is 751. The van der Waals surface area contributed by atoms with Crippen LogP contribution < -0.4 is 5.48 Å². The van der Waals surface area contributed by atoms with Crippen molar-refractivity contribution in [1.82, 2.24) is 15.3 Å². The second-order valence-electron chi connectivity index (χ2n) is 4.50. The number of benzene rings is 1. The van der Waals surface area contributed by atoms with Crippen LogP contribution in [0.2, 0.25) is 0 Å². The smallest absolute Gasteiger partial charge is 0.274 e. The normalized spacial score (nSPS) is 10.6. The average molecular weight is 313 g/mol. The lowest BCUT2D eigenvalue weighted by Gasteiger charge is -2.07. The molecule has 112 valence electrons. The zero-order valence-corrected chi connectivity index (χ0v) is 12.8. The fourth-order valence-corrected chi connectivity index (χ4v) is 2.72. The molecular weight excluding hydrogens is 298 g/mol. The highest BCUT2D eigenvalue weighted by molar-refractivity contribution is 7.13. The van der Waals surface area contributed by atoms with Crippen LogP contribution in [0.5, 0.6) is 0 Å². The van der Waals surface area contributed by atoms with E-state index in [-0.39, 0.29) is 5.91 Å². The largest absolute Gasteiger partial charge is 0.293 e. The van der Waals surface area contributed by atoms with E-state index in [0.717, 1.165) is 16.3 Å². The first-order valence-corrected chi connectivity index (χ1v) is 7.79. The van der Waals surface area contributed by atoms with Gasteiger partial charge in [-0.3, -0.25) is 9.63 Å². The van der Waals surface area contributed by atoms with Crippen molar-refractivity contribution in [2.75, 3.05) is 6.61 Å². The van der Waals surface area contributed by atoms with Gasteiger partial charge in [0.05, 0.1) is 17.2 Å². The summed E-state index contributed by atoms with van der Waals surface area (Å²) in [6, 6.07) is 15.3. The number of rotatable bonds is 5. The van der Waals surface area contributed by atoms with Gasteiger partial charge in [0.1, 0.15) is 11.4 Å². The van der Waals surface area contributed by atoms with Gasteiger partial charge in [0, 0.05) is 0 Å². The molecule has 2 aromatic heterocycles. The molecule has 0 saturated carbocycles. The molecule has 0 aliphatic heterocycles. The molecule has 0 atom stereocenters. The highest BCUT2D eigenvalue weighted by Crippen LogP contribution is 2.25. The van der Waals surface area contributed by atoms with Crippen molar-refractivity contribution < 1.29 is 9.63 Å². The lowest BCUT2D eigenvalue weighted by molar-refractivity contribution is 0.0357. The van der Waals surface area contributed by atoms with Crippen LogP contribution in [-0.4, -0.2) is 22.3 Å². The molecule has 0 radical (unpaired) electrons. The minimum atomic E-state index is -0.319. The maximum absolute atomic E-state index is 12.3. The number of para-hydroxylation sites is 1. The molecule has 6 heteroatoms. The Balaban J connectivity index is 2.04. The maximum Gasteiger partial charge on any atom is 0.293 e. The minimum absolute atomic E-state index is 0.319. The first-order valence-electron chi connectivity index (χ1n) is 6.91. The van der Waals surface area contributed by atoms with Crippen LogP contribution in [0.3, 0.4) is 0 Å². The number of carbonyl (C=O) groups excluding carboxylic acids is 1. The van der Waals surface area contributed by atoms with Crippen LogP contribution in [0, 0.1) is 0 Å². The van der Waals surface area contributed by atoms with Gasteiger partial charge in [0.25, 0.3) is 5.91 Å². The number of hydrogen-bond acceptors (Lipinski definition) is 4. The third-order valence-electron chi connectivity index (χ3n) is 3.03. The van der Waals surface area contributed by atoms with E-state index in [1.165, 1.54) is 0 Å². The Morgan fingerprint density at radius 1 is 1.27 bits per heavy atom. The Morgan fingerprint density at radius 3 is 2.77 bits per heavy atom. The van der Waals surface area contributed by atoms with E-state index in [9.17, 15) is 4.79 Å². The van der Waals surface area contributed by atoms with E-state index < -0.39 is 0 Å². The van der Waals surface area contributed by atoms with Crippen molar-refractivity contribution in [2.24, 2.45) is 0 Å². The summed E-state index contributed by atoms with van der Waals surface area (Å²) in [5.74, 6) is -0.319. The molecular formula is C16H15N3O2S. The number of nitrogens with zero attached hydrogens (tertiary/aromatic N) is 2. The predicted molar refractivity (Wildman–Crippen MR) is 86.0 cm³/mol. The third kappa shape index (κ3) is 2.93. The molecule has 1 N–H and O–H groups in total. The third-order valence-corrected chi connectivity index (χ3v) is 3.92. The first kappa shape index (κ1) is 14.5. The second-order valence-corrected chi connectivity index (χ2v) is 5.45. The van der Waals surface area contributed by atoms with Crippen LogP contribution in [0.15, 0.2) is 53.9 Å². The van der Waals surface area contributed by atoms with Gasteiger partial charge in [-0.25, -0.2) is 10.2 Å². The van der Waals surface area contributed by atoms with Gasteiger partial charge in [-0.15, -0.1) is 11.3 Å². The standard InChI is InChI=1S/C16H15N3O2S/c1-2-21-18-16(20)14-11-13(15-9-6-10-22-15)17-19(14)12-7-4-3-5-8-12/h3-11H,2H2,1H3,(H,18,20). The molecule has 0 unspecified atom stereocenters. The lowest BCUT2D eigenvalue weighted by atomic mass is 10.3. The molecule has 0 aliphatic carbocycles. The molecule has 5 nitrogen and oxygen atoms in total. The van der Waals surface area contributed by atoms with Gasteiger partial charge >= 0.3 is 0 Å². The van der Waals surface area contributed by atoms with E-state index in [1.54, 1.807) is 22.1 Å². The van der Waals surface area contributed by atoms with Crippen molar-refractivity contribution in [1.29, 1.82) is 0 Å². The summed E-state index contributed by atoms with van der Waals surface area (Å²) in [4.78, 5) is 18.3. The summed E-state index contributed by atoms with van der Waals surface area (Å²) in [6.07, 6.45) is 0. The molecule has 1 aromatic carbocycles. The Kier molecular flexibility index (Phi) is 4.32. The van der Waals surface area contributed by atoms with Crippen molar-refractivity contribution in [3.05, 3.63) is 59.6 Å². The average Bonchev–Trinajstić information content (AvgIpc) is 3.22. The monoisotopic (exact) mass is 313 g/mol. The number of hydrogen-bond donors (Lipinski definition) is 1. The van der Waals surface area contributed by atoms with Gasteiger partial charge in [0.2, 0.25) is 0 Å². The van der Waals surface area contributed by atoms with Crippen LogP contribution in [0.1, 0.15) is 17.4 Å². The molecule has 0 fully saturated rings. The van der Waals surface area contributed by atoms with Gasteiger partial charge in [-0.1, -0.05) is 24.3 Å². The number of amides is 1. The Hall–Kier alpha value is -2.44. The molecule has 0 saturated heterocycles.